The maximum atomic E-state index is 12.6. The van der Waals surface area contributed by atoms with E-state index in [1.165, 1.54) is 0 Å². The summed E-state index contributed by atoms with van der Waals surface area (Å²) in [5.74, 6) is 0.518. The Morgan fingerprint density at radius 3 is 2.39 bits per heavy atom. The van der Waals surface area contributed by atoms with Crippen LogP contribution in [0.4, 0.5) is 0 Å². The smallest absolute Gasteiger partial charge is 0.274 e. The highest BCUT2D eigenvalue weighted by Crippen LogP contribution is 2.20. The van der Waals surface area contributed by atoms with Crippen LogP contribution in [-0.4, -0.2) is 65.8 Å². The van der Waals surface area contributed by atoms with Gasteiger partial charge in [-0.3, -0.25) is 4.79 Å². The number of likely N-dealkylation sites (N-methyl/N-ethyl adjacent to an activating group) is 1. The van der Waals surface area contributed by atoms with Gasteiger partial charge in [-0.05, 0) is 19.2 Å². The van der Waals surface area contributed by atoms with Gasteiger partial charge in [-0.1, -0.05) is 18.2 Å². The van der Waals surface area contributed by atoms with Crippen molar-refractivity contribution in [1.29, 1.82) is 0 Å². The molecule has 0 atom stereocenters. The molecule has 0 bridgehead atoms. The van der Waals surface area contributed by atoms with Gasteiger partial charge in [0.15, 0.2) is 5.69 Å². The molecular weight excluding hydrogens is 316 g/mol. The minimum absolute atomic E-state index is 0. The van der Waals surface area contributed by atoms with Gasteiger partial charge < -0.3 is 14.5 Å². The van der Waals surface area contributed by atoms with Crippen LogP contribution in [-0.2, 0) is 0 Å². The number of ether oxygens (including phenoxy) is 1. The molecule has 0 N–H and O–H groups in total. The average molecular weight is 337 g/mol. The van der Waals surface area contributed by atoms with E-state index in [4.69, 9.17) is 4.74 Å². The number of methoxy groups -OCH3 is 1. The molecule has 0 radical (unpaired) electrons. The Morgan fingerprint density at radius 2 is 1.78 bits per heavy atom. The fourth-order valence-corrected chi connectivity index (χ4v) is 2.54. The number of hydrogen-bond donors (Lipinski definition) is 0. The number of carbonyl (C=O) groups is 1. The van der Waals surface area contributed by atoms with Gasteiger partial charge >= 0.3 is 0 Å². The van der Waals surface area contributed by atoms with E-state index in [9.17, 15) is 4.79 Å². The van der Waals surface area contributed by atoms with Crippen LogP contribution in [0.25, 0.3) is 5.69 Å². The largest absolute Gasteiger partial charge is 0.481 e. The third-order valence-electron chi connectivity index (χ3n) is 3.90. The van der Waals surface area contributed by atoms with Gasteiger partial charge in [0, 0.05) is 32.2 Å². The molecule has 1 aromatic carbocycles. The molecule has 1 aromatic heterocycles. The van der Waals surface area contributed by atoms with Crippen LogP contribution in [0, 0.1) is 0 Å². The average Bonchev–Trinajstić information content (AvgIpc) is 3.00. The Balaban J connectivity index is 0.00000192. The van der Waals surface area contributed by atoms with Crippen molar-refractivity contribution in [3.63, 3.8) is 0 Å². The highest BCUT2D eigenvalue weighted by molar-refractivity contribution is 5.92. The molecule has 0 spiro atoms. The molecule has 1 aliphatic heterocycles. The number of halogens is 1. The highest BCUT2D eigenvalue weighted by atomic mass is 35.5. The second kappa shape index (κ2) is 7.48. The second-order valence-corrected chi connectivity index (χ2v) is 5.41. The Kier molecular flexibility index (Phi) is 5.63. The summed E-state index contributed by atoms with van der Waals surface area (Å²) in [6.07, 6.45) is 0. The predicted octanol–water partition coefficient (Wildman–Crippen LogP) is 1.69. The van der Waals surface area contributed by atoms with Gasteiger partial charge in [-0.25, -0.2) is 4.68 Å². The molecular formula is C16H21ClN4O2. The van der Waals surface area contributed by atoms with E-state index < -0.39 is 0 Å². The zero-order chi connectivity index (χ0) is 15.5. The standard InChI is InChI=1S/C16H20N4O2.ClH/c1-18-8-10-19(11-9-18)16(21)14-12-15(22-2)20(17-14)13-6-4-3-5-7-13;/h3-7,12H,8-11H2,1-2H3;1H. The van der Waals surface area contributed by atoms with Crippen LogP contribution < -0.4 is 4.74 Å². The lowest BCUT2D eigenvalue weighted by Crippen LogP contribution is -2.47. The van der Waals surface area contributed by atoms with Crippen molar-refractivity contribution in [3.05, 3.63) is 42.1 Å². The topological polar surface area (TPSA) is 50.6 Å². The van der Waals surface area contributed by atoms with Crippen LogP contribution in [0.1, 0.15) is 10.5 Å². The van der Waals surface area contributed by atoms with E-state index >= 15 is 0 Å². The fourth-order valence-electron chi connectivity index (χ4n) is 2.54. The molecule has 124 valence electrons. The van der Waals surface area contributed by atoms with E-state index in [1.54, 1.807) is 17.9 Å². The van der Waals surface area contributed by atoms with E-state index in [1.807, 2.05) is 35.2 Å². The number of amides is 1. The molecule has 0 saturated carbocycles. The number of rotatable bonds is 3. The number of piperazine rings is 1. The van der Waals surface area contributed by atoms with Gasteiger partial charge in [0.2, 0.25) is 5.88 Å². The van der Waals surface area contributed by atoms with Crippen LogP contribution in [0.15, 0.2) is 36.4 Å². The Labute approximate surface area is 142 Å². The van der Waals surface area contributed by atoms with Crippen molar-refractivity contribution in [2.75, 3.05) is 40.3 Å². The zero-order valence-electron chi connectivity index (χ0n) is 13.3. The molecule has 2 aromatic rings. The van der Waals surface area contributed by atoms with Crippen molar-refractivity contribution in [1.82, 2.24) is 19.6 Å². The molecule has 1 amide bonds. The summed E-state index contributed by atoms with van der Waals surface area (Å²) >= 11 is 0. The van der Waals surface area contributed by atoms with Crippen molar-refractivity contribution in [2.24, 2.45) is 0 Å². The van der Waals surface area contributed by atoms with E-state index in [0.717, 1.165) is 31.9 Å². The Morgan fingerprint density at radius 1 is 1.13 bits per heavy atom. The number of aromatic nitrogens is 2. The van der Waals surface area contributed by atoms with Crippen LogP contribution in [0.2, 0.25) is 0 Å². The maximum absolute atomic E-state index is 12.6. The second-order valence-electron chi connectivity index (χ2n) is 5.41. The van der Waals surface area contributed by atoms with Gasteiger partial charge in [0.1, 0.15) is 0 Å². The summed E-state index contributed by atoms with van der Waals surface area (Å²) in [6.45, 7) is 3.25. The van der Waals surface area contributed by atoms with Gasteiger partial charge in [-0.2, -0.15) is 5.10 Å². The first-order valence-corrected chi connectivity index (χ1v) is 7.36. The van der Waals surface area contributed by atoms with E-state index in [2.05, 4.69) is 17.0 Å². The minimum atomic E-state index is -0.0407. The normalized spacial score (nSPS) is 15.1. The Bertz CT molecular complexity index is 651. The van der Waals surface area contributed by atoms with Crippen LogP contribution in [0.5, 0.6) is 5.88 Å². The predicted molar refractivity (Wildman–Crippen MR) is 90.8 cm³/mol. The van der Waals surface area contributed by atoms with Gasteiger partial charge in [0.25, 0.3) is 5.91 Å². The lowest BCUT2D eigenvalue weighted by Gasteiger charge is -2.31. The summed E-state index contributed by atoms with van der Waals surface area (Å²) in [5.41, 5.74) is 1.29. The molecule has 6 nitrogen and oxygen atoms in total. The van der Waals surface area contributed by atoms with Crippen molar-refractivity contribution in [2.45, 2.75) is 0 Å². The molecule has 7 heteroatoms. The zero-order valence-corrected chi connectivity index (χ0v) is 14.1. The molecule has 1 aliphatic rings. The number of benzene rings is 1. The quantitative estimate of drug-likeness (QED) is 0.856. The summed E-state index contributed by atoms with van der Waals surface area (Å²) in [5, 5.41) is 4.43. The summed E-state index contributed by atoms with van der Waals surface area (Å²) in [6, 6.07) is 11.4. The van der Waals surface area contributed by atoms with Crippen molar-refractivity contribution < 1.29 is 9.53 Å². The highest BCUT2D eigenvalue weighted by Gasteiger charge is 2.24. The van der Waals surface area contributed by atoms with E-state index in [-0.39, 0.29) is 18.3 Å². The summed E-state index contributed by atoms with van der Waals surface area (Å²) in [7, 11) is 3.65. The monoisotopic (exact) mass is 336 g/mol. The van der Waals surface area contributed by atoms with Crippen molar-refractivity contribution >= 4 is 18.3 Å². The fraction of sp³-hybridized carbons (Fsp3) is 0.375. The number of nitrogens with zero attached hydrogens (tertiary/aromatic N) is 4. The maximum Gasteiger partial charge on any atom is 0.274 e. The molecule has 0 unspecified atom stereocenters. The number of para-hydroxylation sites is 1. The molecule has 23 heavy (non-hydrogen) atoms. The van der Waals surface area contributed by atoms with Crippen LogP contribution >= 0.6 is 12.4 Å². The van der Waals surface area contributed by atoms with Gasteiger partial charge in [-0.15, -0.1) is 12.4 Å². The first-order valence-electron chi connectivity index (χ1n) is 7.36. The molecule has 2 heterocycles. The molecule has 0 aliphatic carbocycles. The SMILES string of the molecule is COc1cc(C(=O)N2CCN(C)CC2)nn1-c1ccccc1.Cl. The first kappa shape index (κ1) is 17.3. The van der Waals surface area contributed by atoms with E-state index in [0.29, 0.717) is 11.6 Å². The molecule has 1 saturated heterocycles. The molecule has 3 rings (SSSR count). The summed E-state index contributed by atoms with van der Waals surface area (Å²) in [4.78, 5) is 16.7. The number of hydrogen-bond acceptors (Lipinski definition) is 4. The van der Waals surface area contributed by atoms with Gasteiger partial charge in [0.05, 0.1) is 12.8 Å². The first-order chi connectivity index (χ1) is 10.7. The number of carbonyl (C=O) groups excluding carboxylic acids is 1. The minimum Gasteiger partial charge on any atom is -0.481 e. The van der Waals surface area contributed by atoms with Crippen LogP contribution in [0.3, 0.4) is 0 Å². The van der Waals surface area contributed by atoms with Crippen molar-refractivity contribution in [3.8, 4) is 11.6 Å². The summed E-state index contributed by atoms with van der Waals surface area (Å²) < 4.78 is 7.01. The molecule has 1 fully saturated rings. The third kappa shape index (κ3) is 3.65. The Hall–Kier alpha value is -2.05. The third-order valence-corrected chi connectivity index (χ3v) is 3.90. The lowest BCUT2D eigenvalue weighted by atomic mass is 10.3. The lowest BCUT2D eigenvalue weighted by molar-refractivity contribution is 0.0657.